The fraction of sp³-hybridized carbons (Fsp3) is 0.385. The third-order valence-corrected chi connectivity index (χ3v) is 6.92. The third-order valence-electron chi connectivity index (χ3n) is 6.52. The van der Waals surface area contributed by atoms with Crippen molar-refractivity contribution in [3.63, 3.8) is 0 Å². The number of nitrogens with zero attached hydrogens (tertiary/aromatic N) is 3. The molecule has 4 rings (SSSR count). The number of aryl methyl sites for hydroxylation is 1. The summed E-state index contributed by atoms with van der Waals surface area (Å²) in [5.74, 6) is -0.252. The Morgan fingerprint density at radius 3 is 2.41 bits per heavy atom. The second kappa shape index (κ2) is 10.2. The smallest absolute Gasteiger partial charge is 0.321 e. The van der Waals surface area contributed by atoms with Crippen LogP contribution in [0.15, 0.2) is 42.5 Å². The van der Waals surface area contributed by atoms with Crippen LogP contribution in [0.4, 0.5) is 14.9 Å². The largest absolute Gasteiger partial charge is 0.331 e. The van der Waals surface area contributed by atoms with Gasteiger partial charge in [-0.3, -0.25) is 9.69 Å². The van der Waals surface area contributed by atoms with Crippen LogP contribution in [0.25, 0.3) is 6.08 Å². The topological polar surface area (TPSA) is 55.9 Å². The minimum absolute atomic E-state index is 0.0218. The number of carbonyl (C=O) groups is 2. The first-order valence-electron chi connectivity index (χ1n) is 11.5. The van der Waals surface area contributed by atoms with Crippen molar-refractivity contribution in [2.24, 2.45) is 0 Å². The van der Waals surface area contributed by atoms with Crippen molar-refractivity contribution < 1.29 is 14.0 Å². The number of anilines is 1. The Balaban J connectivity index is 1.45. The van der Waals surface area contributed by atoms with E-state index in [1.54, 1.807) is 32.3 Å². The van der Waals surface area contributed by atoms with E-state index in [9.17, 15) is 14.0 Å². The molecule has 2 aromatic rings. The quantitative estimate of drug-likeness (QED) is 0.622. The lowest BCUT2D eigenvalue weighted by molar-refractivity contribution is -0.131. The lowest BCUT2D eigenvalue weighted by atomic mass is 10.1. The Hall–Kier alpha value is -2.90. The summed E-state index contributed by atoms with van der Waals surface area (Å²) in [6.45, 7) is 4.25. The van der Waals surface area contributed by atoms with E-state index in [2.05, 4.69) is 10.2 Å². The molecule has 2 fully saturated rings. The van der Waals surface area contributed by atoms with Crippen LogP contribution in [0, 0.1) is 12.7 Å². The Kier molecular flexibility index (Phi) is 7.24. The number of halogens is 2. The summed E-state index contributed by atoms with van der Waals surface area (Å²) < 4.78 is 13.2. The number of carbonyl (C=O) groups excluding carboxylic acids is 2. The standard InChI is InChI=1S/C26H30ClFN4O2/c1-17-12-19(24(13-23(17)27)29-26(34)30(2)3)6-11-25(33)32-21-9-10-22(32)16-31(15-21)14-18-4-7-20(28)8-5-18/h4-8,11-13,21-22H,9-10,14-16H2,1-3H3,(H,29,34). The van der Waals surface area contributed by atoms with E-state index in [0.29, 0.717) is 10.7 Å². The number of amides is 3. The number of benzene rings is 2. The predicted molar refractivity (Wildman–Crippen MR) is 133 cm³/mol. The molecule has 2 heterocycles. The molecule has 180 valence electrons. The highest BCUT2D eigenvalue weighted by Crippen LogP contribution is 2.32. The van der Waals surface area contributed by atoms with Gasteiger partial charge in [-0.1, -0.05) is 23.7 Å². The van der Waals surface area contributed by atoms with E-state index < -0.39 is 0 Å². The highest BCUT2D eigenvalue weighted by Gasteiger charge is 2.41. The van der Waals surface area contributed by atoms with Crippen molar-refractivity contribution in [1.29, 1.82) is 0 Å². The van der Waals surface area contributed by atoms with Gasteiger partial charge >= 0.3 is 6.03 Å². The number of hydrogen-bond acceptors (Lipinski definition) is 3. The van der Waals surface area contributed by atoms with Crippen LogP contribution in [0.1, 0.15) is 29.5 Å². The van der Waals surface area contributed by atoms with Crippen molar-refractivity contribution in [3.8, 4) is 0 Å². The zero-order valence-electron chi connectivity index (χ0n) is 19.7. The lowest BCUT2D eigenvalue weighted by Crippen LogP contribution is -2.55. The molecule has 2 aromatic carbocycles. The van der Waals surface area contributed by atoms with E-state index in [1.165, 1.54) is 17.0 Å². The Labute approximate surface area is 205 Å². The van der Waals surface area contributed by atoms with Gasteiger partial charge in [0.2, 0.25) is 5.91 Å². The third kappa shape index (κ3) is 5.42. The van der Waals surface area contributed by atoms with Crippen molar-refractivity contribution in [1.82, 2.24) is 14.7 Å². The van der Waals surface area contributed by atoms with Crippen LogP contribution in [0.5, 0.6) is 0 Å². The van der Waals surface area contributed by atoms with Crippen LogP contribution in [0.2, 0.25) is 5.02 Å². The number of fused-ring (bicyclic) bond motifs is 2. The average molecular weight is 485 g/mol. The molecule has 2 unspecified atom stereocenters. The summed E-state index contributed by atoms with van der Waals surface area (Å²) in [4.78, 5) is 31.1. The van der Waals surface area contributed by atoms with Crippen LogP contribution in [0.3, 0.4) is 0 Å². The van der Waals surface area contributed by atoms with Gasteiger partial charge < -0.3 is 15.1 Å². The van der Waals surface area contributed by atoms with Gasteiger partial charge in [0.1, 0.15) is 5.82 Å². The first kappa shape index (κ1) is 24.2. The maximum Gasteiger partial charge on any atom is 0.321 e. The molecule has 1 N–H and O–H groups in total. The molecule has 0 spiro atoms. The number of urea groups is 1. The van der Waals surface area contributed by atoms with Gasteiger partial charge in [-0.15, -0.1) is 0 Å². The molecule has 2 saturated heterocycles. The van der Waals surface area contributed by atoms with Gasteiger partial charge in [0, 0.05) is 56.9 Å². The van der Waals surface area contributed by atoms with Gasteiger partial charge in [-0.2, -0.15) is 0 Å². The Bertz CT molecular complexity index is 1090. The van der Waals surface area contributed by atoms with E-state index in [4.69, 9.17) is 11.6 Å². The SMILES string of the molecule is Cc1cc(C=CC(=O)N2C3CCC2CN(Cc2ccc(F)cc2)C3)c(NC(=O)N(C)C)cc1Cl. The van der Waals surface area contributed by atoms with Crippen molar-refractivity contribution in [3.05, 3.63) is 70.0 Å². The summed E-state index contributed by atoms with van der Waals surface area (Å²) in [5, 5.41) is 3.39. The molecule has 2 aliphatic heterocycles. The predicted octanol–water partition coefficient (Wildman–Crippen LogP) is 4.77. The highest BCUT2D eigenvalue weighted by atomic mass is 35.5. The highest BCUT2D eigenvalue weighted by molar-refractivity contribution is 6.31. The number of nitrogens with one attached hydrogen (secondary N) is 1. The molecule has 34 heavy (non-hydrogen) atoms. The van der Waals surface area contributed by atoms with Crippen LogP contribution in [-0.2, 0) is 11.3 Å². The number of rotatable bonds is 5. The summed E-state index contributed by atoms with van der Waals surface area (Å²) in [6, 6.07) is 10.2. The first-order chi connectivity index (χ1) is 16.2. The molecular weight excluding hydrogens is 455 g/mol. The second-order valence-corrected chi connectivity index (χ2v) is 9.70. The van der Waals surface area contributed by atoms with E-state index in [1.807, 2.05) is 30.0 Å². The van der Waals surface area contributed by atoms with E-state index in [-0.39, 0.29) is 29.8 Å². The molecule has 3 amide bonds. The second-order valence-electron chi connectivity index (χ2n) is 9.30. The Morgan fingerprint density at radius 1 is 1.15 bits per heavy atom. The van der Waals surface area contributed by atoms with Crippen molar-refractivity contribution >= 4 is 35.3 Å². The molecule has 0 radical (unpaired) electrons. The molecule has 2 aliphatic rings. The zero-order valence-corrected chi connectivity index (χ0v) is 20.5. The van der Waals surface area contributed by atoms with Gasteiger partial charge in [0.25, 0.3) is 0 Å². The summed E-state index contributed by atoms with van der Waals surface area (Å²) >= 11 is 6.27. The van der Waals surface area contributed by atoms with E-state index in [0.717, 1.165) is 49.2 Å². The zero-order chi connectivity index (χ0) is 24.4. The number of hydrogen-bond donors (Lipinski definition) is 1. The number of piperazine rings is 1. The normalized spacial score (nSPS) is 20.1. The summed E-state index contributed by atoms with van der Waals surface area (Å²) in [5.41, 5.74) is 3.23. The van der Waals surface area contributed by atoms with E-state index >= 15 is 0 Å². The minimum Gasteiger partial charge on any atom is -0.331 e. The van der Waals surface area contributed by atoms with Gasteiger partial charge in [-0.05, 0) is 66.8 Å². The van der Waals surface area contributed by atoms with Crippen molar-refractivity contribution in [2.45, 2.75) is 38.4 Å². The van der Waals surface area contributed by atoms with Gasteiger partial charge in [0.05, 0.1) is 5.69 Å². The molecule has 6 nitrogen and oxygen atoms in total. The lowest BCUT2D eigenvalue weighted by Gasteiger charge is -2.40. The molecule has 0 saturated carbocycles. The maximum atomic E-state index is 13.2. The summed E-state index contributed by atoms with van der Waals surface area (Å²) in [7, 11) is 3.32. The van der Waals surface area contributed by atoms with Crippen LogP contribution in [-0.4, -0.2) is 65.9 Å². The number of likely N-dealkylation sites (tertiary alicyclic amines) is 1. The molecule has 2 atom stereocenters. The minimum atomic E-state index is -0.267. The fourth-order valence-corrected chi connectivity index (χ4v) is 4.92. The average Bonchev–Trinajstić information content (AvgIpc) is 3.06. The molecular formula is C26H30ClFN4O2. The first-order valence-corrected chi connectivity index (χ1v) is 11.8. The molecule has 8 heteroatoms. The Morgan fingerprint density at radius 2 is 1.79 bits per heavy atom. The summed E-state index contributed by atoms with van der Waals surface area (Å²) in [6.07, 6.45) is 5.30. The van der Waals surface area contributed by atoms with Gasteiger partial charge in [-0.25, -0.2) is 9.18 Å². The van der Waals surface area contributed by atoms with Crippen molar-refractivity contribution in [2.75, 3.05) is 32.5 Å². The van der Waals surface area contributed by atoms with Gasteiger partial charge in [0.15, 0.2) is 0 Å². The molecule has 0 aromatic heterocycles. The molecule has 2 bridgehead atoms. The van der Waals surface area contributed by atoms with Crippen LogP contribution < -0.4 is 5.32 Å². The van der Waals surface area contributed by atoms with Crippen LogP contribution >= 0.6 is 11.6 Å². The maximum absolute atomic E-state index is 13.2. The molecule has 0 aliphatic carbocycles. The fourth-order valence-electron chi connectivity index (χ4n) is 4.75. The monoisotopic (exact) mass is 484 g/mol.